The fraction of sp³-hybridized carbons (Fsp3) is 0.167. The Morgan fingerprint density at radius 3 is 1.61 bits per heavy atom. The molecule has 3 aliphatic carbocycles. The second-order valence-electron chi connectivity index (χ2n) is 23.3. The quantitative estimate of drug-likeness (QED) is 0.148. The fourth-order valence-electron chi connectivity index (χ4n) is 12.9. The largest absolute Gasteiger partial charge is 0.455 e. The first-order valence-electron chi connectivity index (χ1n) is 26.3. The van der Waals surface area contributed by atoms with Gasteiger partial charge in [-0.25, -0.2) is 0 Å². The van der Waals surface area contributed by atoms with E-state index in [-0.39, 0.29) is 16.2 Å². The molecule has 0 fully saturated rings. The van der Waals surface area contributed by atoms with Crippen molar-refractivity contribution in [2.75, 3.05) is 4.90 Å². The Morgan fingerprint density at radius 2 is 0.959 bits per heavy atom. The number of benzene rings is 9. The molecule has 360 valence electrons. The topological polar surface area (TPSA) is 16.4 Å². The van der Waals surface area contributed by atoms with E-state index in [9.17, 15) is 0 Å². The van der Waals surface area contributed by atoms with Gasteiger partial charge in [-0.15, -0.1) is 0 Å². The molecule has 3 aliphatic rings. The maximum absolute atomic E-state index is 6.54. The highest BCUT2D eigenvalue weighted by molar-refractivity contribution is 6.13. The molecule has 2 nitrogen and oxygen atoms in total. The molecule has 0 saturated heterocycles. The fourth-order valence-corrected chi connectivity index (χ4v) is 12.9. The third-order valence-corrected chi connectivity index (χ3v) is 16.6. The van der Waals surface area contributed by atoms with E-state index >= 15 is 0 Å². The summed E-state index contributed by atoms with van der Waals surface area (Å²) in [7, 11) is 0. The SMILES string of the molecule is C=C/C=C\C1=C(c2ccc(N(c3ccc(-c4cccc5c4oc4ccccc45)cc3)c3ccc4c(c3)C(C)(C)c3ccccc3-4)cc2)C2(c3ccccc31)c1cc(C(C)(C)C)ccc1-c1ccc(C(C)(C)C)cc12. The van der Waals surface area contributed by atoms with Crippen LogP contribution in [-0.4, -0.2) is 0 Å². The van der Waals surface area contributed by atoms with E-state index < -0.39 is 5.41 Å². The van der Waals surface area contributed by atoms with Gasteiger partial charge in [-0.2, -0.15) is 0 Å². The van der Waals surface area contributed by atoms with Gasteiger partial charge in [-0.3, -0.25) is 0 Å². The summed E-state index contributed by atoms with van der Waals surface area (Å²) in [5.74, 6) is 0. The first kappa shape index (κ1) is 45.6. The first-order chi connectivity index (χ1) is 35.7. The maximum atomic E-state index is 6.54. The Kier molecular flexibility index (Phi) is 10.1. The molecule has 0 N–H and O–H groups in total. The van der Waals surface area contributed by atoms with E-state index in [0.29, 0.717) is 0 Å². The standard InChI is InChI=1S/C72H61NO/c1-10-11-19-59-54-21-13-16-26-62(54)72(64-42-47(69(2,3)4)32-39-56(64)57-40-33-48(43-65(57)72)70(5,6)7)67(59)46-30-36-50(37-31-46)73(51-38-41-55-53-20-12-15-25-61(53)71(8,9)63(55)44-51)49-34-28-45(29-35-49)52-23-18-24-60-58-22-14-17-27-66(58)74-68(52)60/h10-44H,1H2,2-9H3/b19-11-. The van der Waals surface area contributed by atoms with Crippen molar-refractivity contribution in [3.8, 4) is 33.4 Å². The predicted octanol–water partition coefficient (Wildman–Crippen LogP) is 19.6. The van der Waals surface area contributed by atoms with Crippen LogP contribution in [0.15, 0.2) is 223 Å². The van der Waals surface area contributed by atoms with Crippen LogP contribution < -0.4 is 4.90 Å². The molecule has 13 rings (SSSR count). The highest BCUT2D eigenvalue weighted by Crippen LogP contribution is 2.65. The number of allylic oxidation sites excluding steroid dienone is 5. The van der Waals surface area contributed by atoms with Gasteiger partial charge in [-0.1, -0.05) is 232 Å². The minimum absolute atomic E-state index is 0.0469. The molecule has 74 heavy (non-hydrogen) atoms. The third-order valence-electron chi connectivity index (χ3n) is 16.6. The lowest BCUT2D eigenvalue weighted by Gasteiger charge is -2.35. The van der Waals surface area contributed by atoms with Crippen LogP contribution in [0, 0.1) is 0 Å². The molecular weight excluding hydrogens is 895 g/mol. The Morgan fingerprint density at radius 1 is 0.446 bits per heavy atom. The van der Waals surface area contributed by atoms with Gasteiger partial charge < -0.3 is 9.32 Å². The summed E-state index contributed by atoms with van der Waals surface area (Å²) in [6.45, 7) is 22.9. The molecular formula is C72H61NO. The zero-order chi connectivity index (χ0) is 50.9. The Bertz CT molecular complexity index is 3940. The van der Waals surface area contributed by atoms with E-state index in [2.05, 4.69) is 267 Å². The van der Waals surface area contributed by atoms with Crippen molar-refractivity contribution in [3.05, 3.63) is 269 Å². The minimum Gasteiger partial charge on any atom is -0.455 e. The van der Waals surface area contributed by atoms with E-state index in [1.165, 1.54) is 83.5 Å². The number of fused-ring (bicyclic) bond motifs is 13. The van der Waals surface area contributed by atoms with Gasteiger partial charge in [0, 0.05) is 38.8 Å². The molecule has 0 bridgehead atoms. The molecule has 10 aromatic rings. The lowest BCUT2D eigenvalue weighted by Crippen LogP contribution is -2.28. The average Bonchev–Trinajstić information content (AvgIpc) is 4.09. The smallest absolute Gasteiger partial charge is 0.143 e. The minimum atomic E-state index is -0.578. The lowest BCUT2D eigenvalue weighted by molar-refractivity contribution is 0.587. The Labute approximate surface area is 436 Å². The summed E-state index contributed by atoms with van der Waals surface area (Å²) < 4.78 is 6.54. The summed E-state index contributed by atoms with van der Waals surface area (Å²) in [6, 6.07) is 73.0. The van der Waals surface area contributed by atoms with E-state index in [1.807, 2.05) is 12.1 Å². The van der Waals surface area contributed by atoms with E-state index in [0.717, 1.165) is 50.1 Å². The van der Waals surface area contributed by atoms with Gasteiger partial charge in [0.1, 0.15) is 11.2 Å². The van der Waals surface area contributed by atoms with Crippen LogP contribution in [0.4, 0.5) is 17.1 Å². The van der Waals surface area contributed by atoms with Crippen LogP contribution in [0.25, 0.3) is 66.5 Å². The van der Waals surface area contributed by atoms with Crippen LogP contribution in [-0.2, 0) is 21.7 Å². The van der Waals surface area contributed by atoms with Crippen LogP contribution in [0.2, 0.25) is 0 Å². The van der Waals surface area contributed by atoms with E-state index in [1.54, 1.807) is 0 Å². The molecule has 0 unspecified atom stereocenters. The number of hydrogen-bond acceptors (Lipinski definition) is 2. The summed E-state index contributed by atoms with van der Waals surface area (Å²) in [5.41, 5.74) is 26.0. The molecule has 0 radical (unpaired) electrons. The van der Waals surface area contributed by atoms with Crippen LogP contribution in [0.3, 0.4) is 0 Å². The molecule has 1 aromatic heterocycles. The van der Waals surface area contributed by atoms with Crippen molar-refractivity contribution in [1.82, 2.24) is 0 Å². The number of para-hydroxylation sites is 2. The number of furan rings is 1. The number of nitrogens with zero attached hydrogens (tertiary/aromatic N) is 1. The summed E-state index contributed by atoms with van der Waals surface area (Å²) in [4.78, 5) is 2.44. The summed E-state index contributed by atoms with van der Waals surface area (Å²) in [5, 5.41) is 2.26. The summed E-state index contributed by atoms with van der Waals surface area (Å²) in [6.07, 6.45) is 6.32. The molecule has 2 heteroatoms. The molecule has 0 saturated carbocycles. The molecule has 1 spiro atoms. The van der Waals surface area contributed by atoms with Gasteiger partial charge in [0.2, 0.25) is 0 Å². The molecule has 1 heterocycles. The Hall–Kier alpha value is -8.20. The number of rotatable bonds is 7. The highest BCUT2D eigenvalue weighted by atomic mass is 16.3. The predicted molar refractivity (Wildman–Crippen MR) is 313 cm³/mol. The van der Waals surface area contributed by atoms with Gasteiger partial charge in [0.05, 0.1) is 5.41 Å². The van der Waals surface area contributed by atoms with Crippen molar-refractivity contribution in [3.63, 3.8) is 0 Å². The van der Waals surface area contributed by atoms with Crippen molar-refractivity contribution in [2.45, 2.75) is 77.0 Å². The molecule has 0 amide bonds. The molecule has 0 aliphatic heterocycles. The summed E-state index contributed by atoms with van der Waals surface area (Å²) >= 11 is 0. The zero-order valence-corrected chi connectivity index (χ0v) is 43.8. The van der Waals surface area contributed by atoms with Crippen LogP contribution in [0.5, 0.6) is 0 Å². The van der Waals surface area contributed by atoms with Crippen molar-refractivity contribution in [1.29, 1.82) is 0 Å². The first-order valence-corrected chi connectivity index (χ1v) is 26.3. The lowest BCUT2D eigenvalue weighted by atomic mass is 9.66. The number of hydrogen-bond donors (Lipinski definition) is 0. The van der Waals surface area contributed by atoms with Crippen molar-refractivity contribution in [2.24, 2.45) is 0 Å². The average molecular weight is 956 g/mol. The second-order valence-corrected chi connectivity index (χ2v) is 23.3. The van der Waals surface area contributed by atoms with Gasteiger partial charge in [0.15, 0.2) is 0 Å². The van der Waals surface area contributed by atoms with Gasteiger partial charge in [0.25, 0.3) is 0 Å². The maximum Gasteiger partial charge on any atom is 0.143 e. The highest BCUT2D eigenvalue weighted by Gasteiger charge is 2.53. The third kappa shape index (κ3) is 6.70. The van der Waals surface area contributed by atoms with Gasteiger partial charge >= 0.3 is 0 Å². The van der Waals surface area contributed by atoms with Crippen LogP contribution >= 0.6 is 0 Å². The van der Waals surface area contributed by atoms with Crippen LogP contribution in [0.1, 0.15) is 105 Å². The van der Waals surface area contributed by atoms with Gasteiger partial charge in [-0.05, 0) is 142 Å². The van der Waals surface area contributed by atoms with Crippen molar-refractivity contribution >= 4 is 50.1 Å². The van der Waals surface area contributed by atoms with Crippen molar-refractivity contribution < 1.29 is 4.42 Å². The second kappa shape index (κ2) is 16.4. The Balaban J connectivity index is 1.01. The van der Waals surface area contributed by atoms with E-state index in [4.69, 9.17) is 4.42 Å². The molecule has 9 aromatic carbocycles. The number of anilines is 3. The molecule has 0 atom stereocenters. The monoisotopic (exact) mass is 955 g/mol. The normalized spacial score (nSPS) is 14.9. The zero-order valence-electron chi connectivity index (χ0n) is 43.8.